The summed E-state index contributed by atoms with van der Waals surface area (Å²) in [6, 6.07) is 8.35. The quantitative estimate of drug-likeness (QED) is 0.646. The fraction of sp³-hybridized carbons (Fsp3) is 0.316. The van der Waals surface area contributed by atoms with E-state index in [1.54, 1.807) is 30.3 Å². The minimum absolute atomic E-state index is 0.0891. The number of anilines is 1. The first-order valence-corrected chi connectivity index (χ1v) is 8.08. The summed E-state index contributed by atoms with van der Waals surface area (Å²) in [5.74, 6) is -1.08. The Morgan fingerprint density at radius 3 is 2.48 bits per heavy atom. The minimum atomic E-state index is -0.527. The van der Waals surface area contributed by atoms with Gasteiger partial charge in [-0.05, 0) is 45.9 Å². The molecule has 1 aromatic heterocycles. The molecule has 25 heavy (non-hydrogen) atoms. The Labute approximate surface area is 146 Å². The molecule has 0 saturated heterocycles. The number of carbonyl (C=O) groups is 3. The van der Waals surface area contributed by atoms with Gasteiger partial charge >= 0.3 is 5.97 Å². The Bertz CT molecular complexity index is 821. The molecule has 1 heterocycles. The molecule has 0 saturated carbocycles. The van der Waals surface area contributed by atoms with Gasteiger partial charge in [-0.25, -0.2) is 4.79 Å². The zero-order chi connectivity index (χ0) is 18.6. The molecule has 0 radical (unpaired) electrons. The third-order valence-electron chi connectivity index (χ3n) is 4.00. The van der Waals surface area contributed by atoms with Crippen LogP contribution in [0.25, 0.3) is 0 Å². The lowest BCUT2D eigenvalue weighted by molar-refractivity contribution is -0.119. The molecule has 2 aromatic rings. The van der Waals surface area contributed by atoms with Gasteiger partial charge in [-0.1, -0.05) is 12.1 Å². The summed E-state index contributed by atoms with van der Waals surface area (Å²) in [5, 5.41) is 2.61. The number of carbonyl (C=O) groups excluding carboxylic acids is 3. The van der Waals surface area contributed by atoms with Crippen LogP contribution in [0.3, 0.4) is 0 Å². The molecule has 0 aliphatic rings. The van der Waals surface area contributed by atoms with Gasteiger partial charge in [0, 0.05) is 29.2 Å². The van der Waals surface area contributed by atoms with Crippen LogP contribution in [0.1, 0.15) is 46.0 Å². The number of rotatable bonds is 6. The number of nitrogens with zero attached hydrogens (tertiary/aromatic N) is 1. The number of hydrogen-bond donors (Lipinski definition) is 1. The standard InChI is InChI=1S/C19H22N2O4/c1-5-21-12(2)9-17(13(21)3)19(24)25-11-18(23)20-16-8-6-7-15(10-16)14(4)22/h6-10H,5,11H2,1-4H3,(H,20,23). The molecule has 6 nitrogen and oxygen atoms in total. The smallest absolute Gasteiger partial charge is 0.340 e. The van der Waals surface area contributed by atoms with Gasteiger partial charge in [-0.2, -0.15) is 0 Å². The third-order valence-corrected chi connectivity index (χ3v) is 4.00. The number of ether oxygens (including phenoxy) is 1. The van der Waals surface area contributed by atoms with Gasteiger partial charge < -0.3 is 14.6 Å². The van der Waals surface area contributed by atoms with Crippen LogP contribution in [0, 0.1) is 13.8 Å². The lowest BCUT2D eigenvalue weighted by Gasteiger charge is -2.08. The van der Waals surface area contributed by atoms with E-state index in [1.165, 1.54) is 6.92 Å². The molecule has 0 atom stereocenters. The Morgan fingerprint density at radius 1 is 1.16 bits per heavy atom. The maximum absolute atomic E-state index is 12.2. The number of Topliss-reactive ketones (excluding diaryl/α,β-unsaturated/α-hetero) is 1. The predicted molar refractivity (Wildman–Crippen MR) is 94.9 cm³/mol. The Balaban J connectivity index is 1.97. The third kappa shape index (κ3) is 4.35. The van der Waals surface area contributed by atoms with Crippen molar-refractivity contribution in [2.75, 3.05) is 11.9 Å². The number of aryl methyl sites for hydroxylation is 1. The maximum atomic E-state index is 12.2. The average molecular weight is 342 g/mol. The van der Waals surface area contributed by atoms with Gasteiger partial charge in [0.15, 0.2) is 12.4 Å². The molecular formula is C19H22N2O4. The molecule has 132 valence electrons. The number of benzene rings is 1. The van der Waals surface area contributed by atoms with Crippen LogP contribution in [0.5, 0.6) is 0 Å². The van der Waals surface area contributed by atoms with Crippen molar-refractivity contribution in [3.8, 4) is 0 Å². The summed E-state index contributed by atoms with van der Waals surface area (Å²) in [6.45, 7) is 7.59. The SMILES string of the molecule is CCn1c(C)cc(C(=O)OCC(=O)Nc2cccc(C(C)=O)c2)c1C. The summed E-state index contributed by atoms with van der Waals surface area (Å²) in [6.07, 6.45) is 0. The summed E-state index contributed by atoms with van der Waals surface area (Å²) in [4.78, 5) is 35.5. The van der Waals surface area contributed by atoms with Crippen molar-refractivity contribution in [2.45, 2.75) is 34.2 Å². The summed E-state index contributed by atoms with van der Waals surface area (Å²) in [5.41, 5.74) is 3.24. The molecule has 0 aliphatic carbocycles. The fourth-order valence-electron chi connectivity index (χ4n) is 2.72. The first-order chi connectivity index (χ1) is 11.8. The molecule has 0 bridgehead atoms. The van der Waals surface area contributed by atoms with Crippen LogP contribution in [0.15, 0.2) is 30.3 Å². The summed E-state index contributed by atoms with van der Waals surface area (Å²) in [7, 11) is 0. The zero-order valence-electron chi connectivity index (χ0n) is 14.9. The van der Waals surface area contributed by atoms with Gasteiger partial charge in [0.25, 0.3) is 5.91 Å². The molecule has 2 rings (SSSR count). The van der Waals surface area contributed by atoms with Gasteiger partial charge in [0.2, 0.25) is 0 Å². The molecule has 0 fully saturated rings. The van der Waals surface area contributed by atoms with E-state index in [2.05, 4.69) is 5.32 Å². The first kappa shape index (κ1) is 18.4. The van der Waals surface area contributed by atoms with Gasteiger partial charge in [0.05, 0.1) is 5.56 Å². The minimum Gasteiger partial charge on any atom is -0.452 e. The highest BCUT2D eigenvalue weighted by Crippen LogP contribution is 2.16. The Morgan fingerprint density at radius 2 is 1.88 bits per heavy atom. The predicted octanol–water partition coefficient (Wildman–Crippen LogP) is 3.12. The first-order valence-electron chi connectivity index (χ1n) is 8.08. The average Bonchev–Trinajstić information content (AvgIpc) is 2.86. The summed E-state index contributed by atoms with van der Waals surface area (Å²) < 4.78 is 7.11. The number of amides is 1. The lowest BCUT2D eigenvalue weighted by atomic mass is 10.1. The second-order valence-corrected chi connectivity index (χ2v) is 5.79. The lowest BCUT2D eigenvalue weighted by Crippen LogP contribution is -2.21. The maximum Gasteiger partial charge on any atom is 0.340 e. The van der Waals surface area contributed by atoms with Crippen molar-refractivity contribution in [1.82, 2.24) is 4.57 Å². The molecule has 0 spiro atoms. The van der Waals surface area contributed by atoms with E-state index in [0.717, 1.165) is 17.9 Å². The van der Waals surface area contributed by atoms with Crippen molar-refractivity contribution in [1.29, 1.82) is 0 Å². The Hall–Kier alpha value is -2.89. The van der Waals surface area contributed by atoms with E-state index in [-0.39, 0.29) is 12.4 Å². The van der Waals surface area contributed by atoms with Gasteiger partial charge in [0.1, 0.15) is 0 Å². The van der Waals surface area contributed by atoms with E-state index in [0.29, 0.717) is 16.8 Å². The van der Waals surface area contributed by atoms with Crippen molar-refractivity contribution in [3.63, 3.8) is 0 Å². The molecule has 6 heteroatoms. The molecule has 0 unspecified atom stereocenters. The van der Waals surface area contributed by atoms with Crippen molar-refractivity contribution < 1.29 is 19.1 Å². The number of nitrogens with one attached hydrogen (secondary N) is 1. The number of ketones is 1. The van der Waals surface area contributed by atoms with E-state index >= 15 is 0 Å². The zero-order valence-corrected chi connectivity index (χ0v) is 14.9. The monoisotopic (exact) mass is 342 g/mol. The largest absolute Gasteiger partial charge is 0.452 e. The van der Waals surface area contributed by atoms with Gasteiger partial charge in [-0.15, -0.1) is 0 Å². The van der Waals surface area contributed by atoms with Crippen molar-refractivity contribution in [2.24, 2.45) is 0 Å². The van der Waals surface area contributed by atoms with Crippen LogP contribution in [-0.2, 0) is 16.1 Å². The van der Waals surface area contributed by atoms with E-state index in [4.69, 9.17) is 4.74 Å². The van der Waals surface area contributed by atoms with E-state index < -0.39 is 11.9 Å². The van der Waals surface area contributed by atoms with Crippen molar-refractivity contribution in [3.05, 3.63) is 52.8 Å². The number of aromatic nitrogens is 1. The van der Waals surface area contributed by atoms with Crippen LogP contribution in [0.2, 0.25) is 0 Å². The fourth-order valence-corrected chi connectivity index (χ4v) is 2.72. The number of esters is 1. The second kappa shape index (κ2) is 7.79. The van der Waals surface area contributed by atoms with Crippen LogP contribution < -0.4 is 5.32 Å². The second-order valence-electron chi connectivity index (χ2n) is 5.79. The van der Waals surface area contributed by atoms with Gasteiger partial charge in [-0.3, -0.25) is 9.59 Å². The molecule has 1 aromatic carbocycles. The van der Waals surface area contributed by atoms with Crippen LogP contribution in [-0.4, -0.2) is 28.8 Å². The van der Waals surface area contributed by atoms with E-state index in [1.807, 2.05) is 25.3 Å². The van der Waals surface area contributed by atoms with E-state index in [9.17, 15) is 14.4 Å². The molecule has 0 aliphatic heterocycles. The highest BCUT2D eigenvalue weighted by Gasteiger charge is 2.17. The molecule has 1 N–H and O–H groups in total. The summed E-state index contributed by atoms with van der Waals surface area (Å²) >= 11 is 0. The molecular weight excluding hydrogens is 320 g/mol. The Kier molecular flexibility index (Phi) is 5.75. The van der Waals surface area contributed by atoms with Crippen LogP contribution in [0.4, 0.5) is 5.69 Å². The topological polar surface area (TPSA) is 77.4 Å². The normalized spacial score (nSPS) is 10.4. The highest BCUT2D eigenvalue weighted by atomic mass is 16.5. The number of hydrogen-bond acceptors (Lipinski definition) is 4. The van der Waals surface area contributed by atoms with Crippen molar-refractivity contribution >= 4 is 23.3 Å². The molecule has 1 amide bonds. The van der Waals surface area contributed by atoms with Crippen LogP contribution >= 0.6 is 0 Å². The highest BCUT2D eigenvalue weighted by molar-refractivity contribution is 5.98.